The Hall–Kier alpha value is -2.57. The van der Waals surface area contributed by atoms with E-state index in [1.165, 1.54) is 0 Å². The van der Waals surface area contributed by atoms with E-state index >= 15 is 0 Å². The molecule has 1 aromatic rings. The number of nitrogens with one attached hydrogen (secondary N) is 2. The van der Waals surface area contributed by atoms with Gasteiger partial charge in [-0.3, -0.25) is 9.59 Å². The zero-order chi connectivity index (χ0) is 25.9. The van der Waals surface area contributed by atoms with Crippen LogP contribution in [0, 0.1) is 5.92 Å². The molecule has 0 bridgehead atoms. The minimum absolute atomic E-state index is 0.149. The van der Waals surface area contributed by atoms with Gasteiger partial charge in [-0.2, -0.15) is 0 Å². The highest BCUT2D eigenvalue weighted by atomic mass is 16.6. The Morgan fingerprint density at radius 2 is 1.62 bits per heavy atom. The molecule has 0 aliphatic heterocycles. The predicted molar refractivity (Wildman–Crippen MR) is 136 cm³/mol. The Balaban J connectivity index is 3.30. The zero-order valence-electron chi connectivity index (χ0n) is 22.3. The van der Waals surface area contributed by atoms with Crippen LogP contribution >= 0.6 is 0 Å². The number of amides is 3. The van der Waals surface area contributed by atoms with E-state index in [4.69, 9.17) is 4.74 Å². The third-order valence-electron chi connectivity index (χ3n) is 5.23. The highest BCUT2D eigenvalue weighted by Crippen LogP contribution is 2.26. The van der Waals surface area contributed by atoms with Gasteiger partial charge in [-0.15, -0.1) is 0 Å². The number of carbonyl (C=O) groups is 3. The van der Waals surface area contributed by atoms with Gasteiger partial charge in [0.05, 0.1) is 0 Å². The van der Waals surface area contributed by atoms with E-state index < -0.39 is 23.8 Å². The summed E-state index contributed by atoms with van der Waals surface area (Å²) in [5, 5.41) is 5.77. The first-order chi connectivity index (χ1) is 15.9. The molecule has 192 valence electrons. The van der Waals surface area contributed by atoms with Crippen LogP contribution in [-0.2, 0) is 14.3 Å². The summed E-state index contributed by atoms with van der Waals surface area (Å²) in [6, 6.07) is 7.44. The molecule has 0 saturated heterocycles. The molecule has 0 heterocycles. The lowest BCUT2D eigenvalue weighted by Gasteiger charge is -2.37. The van der Waals surface area contributed by atoms with Crippen LogP contribution in [0.1, 0.15) is 92.7 Å². The van der Waals surface area contributed by atoms with Crippen molar-refractivity contribution < 1.29 is 19.1 Å². The monoisotopic (exact) mass is 475 g/mol. The van der Waals surface area contributed by atoms with Gasteiger partial charge in [0.15, 0.2) is 0 Å². The predicted octanol–water partition coefficient (Wildman–Crippen LogP) is 5.21. The van der Waals surface area contributed by atoms with E-state index in [1.54, 1.807) is 25.7 Å². The molecule has 0 spiro atoms. The van der Waals surface area contributed by atoms with E-state index in [9.17, 15) is 14.4 Å². The average Bonchev–Trinajstić information content (AvgIpc) is 2.72. The standard InChI is InChI=1S/C27H45N3O4/c1-9-10-14-17-28-24(31)23(21-15-12-11-13-16-21)30(20(4)5)25(32)22(18-19(2)3)29-26(33)34-27(6,7)8/h11-13,15-16,19-20,22-23H,9-10,14,17-18H2,1-8H3,(H,28,31)(H,29,33). The topological polar surface area (TPSA) is 87.7 Å². The quantitative estimate of drug-likeness (QED) is 0.406. The number of rotatable bonds is 12. The molecule has 0 radical (unpaired) electrons. The third kappa shape index (κ3) is 10.1. The van der Waals surface area contributed by atoms with Gasteiger partial charge in [-0.1, -0.05) is 63.9 Å². The molecule has 0 saturated carbocycles. The minimum atomic E-state index is -0.809. The number of carbonyl (C=O) groups excluding carboxylic acids is 3. The summed E-state index contributed by atoms with van der Waals surface area (Å²) < 4.78 is 5.41. The summed E-state index contributed by atoms with van der Waals surface area (Å²) in [5.74, 6) is -0.368. The smallest absolute Gasteiger partial charge is 0.408 e. The van der Waals surface area contributed by atoms with Crippen molar-refractivity contribution in [1.82, 2.24) is 15.5 Å². The zero-order valence-corrected chi connectivity index (χ0v) is 22.3. The Labute approximate surface area is 206 Å². The van der Waals surface area contributed by atoms with Crippen LogP contribution < -0.4 is 10.6 Å². The second-order valence-corrected chi connectivity index (χ2v) is 10.5. The largest absolute Gasteiger partial charge is 0.444 e. The molecule has 7 nitrogen and oxygen atoms in total. The molecule has 3 amide bonds. The van der Waals surface area contributed by atoms with Crippen molar-refractivity contribution in [2.75, 3.05) is 6.54 Å². The molecule has 2 atom stereocenters. The fourth-order valence-corrected chi connectivity index (χ4v) is 3.76. The molecule has 34 heavy (non-hydrogen) atoms. The average molecular weight is 476 g/mol. The summed E-state index contributed by atoms with van der Waals surface area (Å²) in [5.41, 5.74) is 0.0520. The molecule has 2 unspecified atom stereocenters. The number of unbranched alkanes of at least 4 members (excludes halogenated alkanes) is 2. The highest BCUT2D eigenvalue weighted by Gasteiger charge is 2.37. The molecule has 0 fully saturated rings. The van der Waals surface area contributed by atoms with Crippen molar-refractivity contribution in [3.8, 4) is 0 Å². The maximum absolute atomic E-state index is 13.9. The fourth-order valence-electron chi connectivity index (χ4n) is 3.76. The first-order valence-electron chi connectivity index (χ1n) is 12.5. The Kier molecular flexibility index (Phi) is 12.1. The normalized spacial score (nSPS) is 13.4. The molecular weight excluding hydrogens is 430 g/mol. The molecule has 0 aliphatic carbocycles. The maximum Gasteiger partial charge on any atom is 0.408 e. The summed E-state index contributed by atoms with van der Waals surface area (Å²) in [6.45, 7) is 15.8. The van der Waals surface area contributed by atoms with E-state index in [0.29, 0.717) is 13.0 Å². The molecule has 0 aliphatic rings. The molecule has 7 heteroatoms. The second kappa shape index (κ2) is 14.0. The van der Waals surface area contributed by atoms with Crippen molar-refractivity contribution >= 4 is 17.9 Å². The van der Waals surface area contributed by atoms with Crippen LogP contribution in [0.2, 0.25) is 0 Å². The summed E-state index contributed by atoms with van der Waals surface area (Å²) in [7, 11) is 0. The SMILES string of the molecule is CCCCCNC(=O)C(c1ccccc1)N(C(=O)C(CC(C)C)NC(=O)OC(C)(C)C)C(C)C. The third-order valence-corrected chi connectivity index (χ3v) is 5.23. The number of alkyl carbamates (subject to hydrolysis) is 1. The fraction of sp³-hybridized carbons (Fsp3) is 0.667. The van der Waals surface area contributed by atoms with Crippen LogP contribution in [-0.4, -0.2) is 47.0 Å². The van der Waals surface area contributed by atoms with Gasteiger partial charge in [-0.05, 0) is 58.9 Å². The van der Waals surface area contributed by atoms with Gasteiger partial charge in [0.2, 0.25) is 11.8 Å². The second-order valence-electron chi connectivity index (χ2n) is 10.5. The lowest BCUT2D eigenvalue weighted by molar-refractivity contribution is -0.144. The Bertz CT molecular complexity index is 772. The molecule has 2 N–H and O–H groups in total. The molecule has 0 aromatic heterocycles. The summed E-state index contributed by atoms with van der Waals surface area (Å²) in [6.07, 6.45) is 2.76. The number of ether oxygens (including phenoxy) is 1. The van der Waals surface area contributed by atoms with E-state index in [0.717, 1.165) is 24.8 Å². The van der Waals surface area contributed by atoms with Crippen molar-refractivity contribution in [3.63, 3.8) is 0 Å². The van der Waals surface area contributed by atoms with E-state index in [2.05, 4.69) is 17.6 Å². The van der Waals surface area contributed by atoms with Gasteiger partial charge in [-0.25, -0.2) is 4.79 Å². The van der Waals surface area contributed by atoms with Crippen LogP contribution in [0.5, 0.6) is 0 Å². The minimum Gasteiger partial charge on any atom is -0.444 e. The van der Waals surface area contributed by atoms with Gasteiger partial charge in [0.25, 0.3) is 0 Å². The van der Waals surface area contributed by atoms with E-state index in [-0.39, 0.29) is 23.8 Å². The van der Waals surface area contributed by atoms with E-state index in [1.807, 2.05) is 58.0 Å². The van der Waals surface area contributed by atoms with Crippen LogP contribution in [0.4, 0.5) is 4.79 Å². The molecule has 1 aromatic carbocycles. The van der Waals surface area contributed by atoms with Crippen molar-refractivity contribution in [2.24, 2.45) is 5.92 Å². The number of hydrogen-bond donors (Lipinski definition) is 2. The first-order valence-corrected chi connectivity index (χ1v) is 12.5. The van der Waals surface area contributed by atoms with Gasteiger partial charge >= 0.3 is 6.09 Å². The van der Waals surface area contributed by atoms with Crippen molar-refractivity contribution in [3.05, 3.63) is 35.9 Å². The van der Waals surface area contributed by atoms with Gasteiger partial charge < -0.3 is 20.3 Å². The van der Waals surface area contributed by atoms with Crippen molar-refractivity contribution in [2.45, 2.75) is 105 Å². The number of nitrogens with zero attached hydrogens (tertiary/aromatic N) is 1. The first kappa shape index (κ1) is 29.5. The Morgan fingerprint density at radius 3 is 2.12 bits per heavy atom. The summed E-state index contributed by atoms with van der Waals surface area (Å²) >= 11 is 0. The summed E-state index contributed by atoms with van der Waals surface area (Å²) in [4.78, 5) is 41.4. The van der Waals surface area contributed by atoms with Crippen molar-refractivity contribution in [1.29, 1.82) is 0 Å². The lowest BCUT2D eigenvalue weighted by Crippen LogP contribution is -2.55. The van der Waals surface area contributed by atoms with Gasteiger partial charge in [0.1, 0.15) is 17.7 Å². The Morgan fingerprint density at radius 1 is 1.00 bits per heavy atom. The van der Waals surface area contributed by atoms with Crippen LogP contribution in [0.3, 0.4) is 0 Å². The highest BCUT2D eigenvalue weighted by molar-refractivity contribution is 5.92. The number of hydrogen-bond acceptors (Lipinski definition) is 4. The molecule has 1 rings (SSSR count). The van der Waals surface area contributed by atoms with Crippen LogP contribution in [0.25, 0.3) is 0 Å². The molecular formula is C27H45N3O4. The lowest BCUT2D eigenvalue weighted by atomic mass is 9.98. The van der Waals surface area contributed by atoms with Gasteiger partial charge in [0, 0.05) is 12.6 Å². The van der Waals surface area contributed by atoms with Crippen LogP contribution in [0.15, 0.2) is 30.3 Å². The maximum atomic E-state index is 13.9. The number of benzene rings is 1.